The molecule has 1 aromatic carbocycles. The zero-order valence-electron chi connectivity index (χ0n) is 13.8. The molecule has 0 radical (unpaired) electrons. The van der Waals surface area contributed by atoms with Crippen molar-refractivity contribution in [2.24, 2.45) is 5.73 Å². The first-order chi connectivity index (χ1) is 11.6. The van der Waals surface area contributed by atoms with Crippen molar-refractivity contribution in [1.82, 2.24) is 15.0 Å². The van der Waals surface area contributed by atoms with Crippen LogP contribution in [0.25, 0.3) is 11.0 Å². The van der Waals surface area contributed by atoms with Crippen LogP contribution in [-0.4, -0.2) is 33.6 Å². The third-order valence-electron chi connectivity index (χ3n) is 4.86. The van der Waals surface area contributed by atoms with Crippen molar-refractivity contribution in [3.63, 3.8) is 0 Å². The van der Waals surface area contributed by atoms with Gasteiger partial charge in [0.2, 0.25) is 0 Å². The van der Waals surface area contributed by atoms with Crippen LogP contribution in [-0.2, 0) is 6.42 Å². The highest BCUT2D eigenvalue weighted by atomic mass is 35.5. The molecule has 0 bridgehead atoms. The smallest absolute Gasteiger partial charge is 0.142 e. The first kappa shape index (κ1) is 18.0. The summed E-state index contributed by atoms with van der Waals surface area (Å²) in [6, 6.07) is 10.0. The molecule has 1 aliphatic heterocycles. The Morgan fingerprint density at radius 2 is 1.84 bits per heavy atom. The van der Waals surface area contributed by atoms with E-state index in [4.69, 9.17) is 17.3 Å². The van der Waals surface area contributed by atoms with Gasteiger partial charge in [-0.25, -0.2) is 9.97 Å². The maximum atomic E-state index is 6.66. The highest BCUT2D eigenvalue weighted by Crippen LogP contribution is 2.29. The van der Waals surface area contributed by atoms with Gasteiger partial charge in [-0.05, 0) is 43.0 Å². The number of piperidine rings is 1. The number of hydrogen-bond acceptors (Lipinski definition) is 4. The van der Waals surface area contributed by atoms with Gasteiger partial charge in [0.1, 0.15) is 17.8 Å². The molecule has 7 heteroatoms. The Labute approximate surface area is 158 Å². The average Bonchev–Trinajstić information content (AvgIpc) is 3.06. The van der Waals surface area contributed by atoms with Crippen molar-refractivity contribution in [2.45, 2.75) is 24.8 Å². The second-order valence-electron chi connectivity index (χ2n) is 6.59. The number of aromatic amines is 1. The number of hydrogen-bond donors (Lipinski definition) is 2. The molecular weight excluding hydrogens is 357 g/mol. The van der Waals surface area contributed by atoms with Crippen molar-refractivity contribution in [2.75, 3.05) is 18.0 Å². The van der Waals surface area contributed by atoms with Crippen LogP contribution in [0.1, 0.15) is 18.4 Å². The van der Waals surface area contributed by atoms with Crippen LogP contribution in [0.3, 0.4) is 0 Å². The fourth-order valence-corrected chi connectivity index (χ4v) is 3.59. The minimum absolute atomic E-state index is 0. The van der Waals surface area contributed by atoms with Crippen molar-refractivity contribution in [3.8, 4) is 0 Å². The van der Waals surface area contributed by atoms with Gasteiger partial charge in [-0.3, -0.25) is 0 Å². The van der Waals surface area contributed by atoms with Crippen molar-refractivity contribution in [3.05, 3.63) is 53.4 Å². The van der Waals surface area contributed by atoms with Gasteiger partial charge < -0.3 is 15.6 Å². The Balaban J connectivity index is 0.00000182. The van der Waals surface area contributed by atoms with E-state index >= 15 is 0 Å². The first-order valence-corrected chi connectivity index (χ1v) is 8.57. The summed E-state index contributed by atoms with van der Waals surface area (Å²) in [5.41, 5.74) is 8.61. The number of fused-ring (bicyclic) bond motifs is 1. The van der Waals surface area contributed by atoms with Crippen LogP contribution in [0.2, 0.25) is 5.02 Å². The van der Waals surface area contributed by atoms with Gasteiger partial charge in [0.25, 0.3) is 0 Å². The molecule has 132 valence electrons. The molecule has 3 N–H and O–H groups in total. The Kier molecular flexibility index (Phi) is 5.18. The fraction of sp³-hybridized carbons (Fsp3) is 0.333. The maximum absolute atomic E-state index is 6.66. The number of nitrogens with zero attached hydrogens (tertiary/aromatic N) is 3. The van der Waals surface area contributed by atoms with Crippen LogP contribution in [0.15, 0.2) is 42.9 Å². The van der Waals surface area contributed by atoms with E-state index in [0.717, 1.165) is 54.2 Å². The lowest BCUT2D eigenvalue weighted by Gasteiger charge is -2.40. The summed E-state index contributed by atoms with van der Waals surface area (Å²) in [4.78, 5) is 14.2. The number of nitrogens with two attached hydrogens (primary N) is 1. The maximum Gasteiger partial charge on any atom is 0.142 e. The van der Waals surface area contributed by atoms with Gasteiger partial charge >= 0.3 is 0 Å². The Morgan fingerprint density at radius 1 is 1.12 bits per heavy atom. The molecule has 3 aromatic rings. The van der Waals surface area contributed by atoms with Crippen LogP contribution in [0.5, 0.6) is 0 Å². The van der Waals surface area contributed by atoms with E-state index in [0.29, 0.717) is 0 Å². The molecule has 1 fully saturated rings. The Hall–Kier alpha value is -1.82. The minimum Gasteiger partial charge on any atom is -0.356 e. The monoisotopic (exact) mass is 377 g/mol. The van der Waals surface area contributed by atoms with Crippen LogP contribution < -0.4 is 10.6 Å². The first-order valence-electron chi connectivity index (χ1n) is 8.19. The van der Waals surface area contributed by atoms with Crippen molar-refractivity contribution < 1.29 is 0 Å². The molecule has 1 aliphatic rings. The molecule has 0 aliphatic carbocycles. The Bertz CT molecular complexity index is 838. The summed E-state index contributed by atoms with van der Waals surface area (Å²) >= 11 is 5.96. The Morgan fingerprint density at radius 3 is 2.56 bits per heavy atom. The fourth-order valence-electron chi connectivity index (χ4n) is 3.46. The van der Waals surface area contributed by atoms with Crippen molar-refractivity contribution in [1.29, 1.82) is 0 Å². The molecular formula is C18H21Cl2N5. The van der Waals surface area contributed by atoms with Crippen LogP contribution >= 0.6 is 24.0 Å². The van der Waals surface area contributed by atoms with E-state index in [1.807, 2.05) is 24.4 Å². The van der Waals surface area contributed by atoms with Gasteiger partial charge in [-0.15, -0.1) is 12.4 Å². The zero-order chi connectivity index (χ0) is 16.6. The number of H-pyrrole nitrogens is 1. The summed E-state index contributed by atoms with van der Waals surface area (Å²) in [5.74, 6) is 0.995. The minimum atomic E-state index is -0.172. The molecule has 3 heterocycles. The van der Waals surface area contributed by atoms with Gasteiger partial charge in [0, 0.05) is 29.8 Å². The summed E-state index contributed by atoms with van der Waals surface area (Å²) in [5, 5.41) is 1.83. The molecule has 0 saturated carbocycles. The SMILES string of the molecule is Cl.NC1(Cc2ccc(Cl)cc2)CCN(c2ncnc3[nH]ccc23)CC1. The molecule has 5 nitrogen and oxygen atoms in total. The largest absolute Gasteiger partial charge is 0.356 e. The predicted molar refractivity (Wildman–Crippen MR) is 105 cm³/mol. The molecule has 2 aromatic heterocycles. The van der Waals surface area contributed by atoms with E-state index < -0.39 is 0 Å². The summed E-state index contributed by atoms with van der Waals surface area (Å²) in [6.07, 6.45) is 6.27. The molecule has 0 unspecified atom stereocenters. The van der Waals surface area contributed by atoms with Crippen molar-refractivity contribution >= 4 is 40.9 Å². The van der Waals surface area contributed by atoms with Gasteiger partial charge in [0.15, 0.2) is 0 Å². The molecule has 0 amide bonds. The normalized spacial score (nSPS) is 16.6. The van der Waals surface area contributed by atoms with E-state index in [2.05, 4.69) is 32.0 Å². The van der Waals surface area contributed by atoms with Gasteiger partial charge in [0.05, 0.1) is 5.39 Å². The molecule has 4 rings (SSSR count). The highest BCUT2D eigenvalue weighted by molar-refractivity contribution is 6.30. The second-order valence-corrected chi connectivity index (χ2v) is 7.03. The van der Waals surface area contributed by atoms with Crippen LogP contribution in [0, 0.1) is 0 Å². The number of nitrogens with one attached hydrogen (secondary N) is 1. The predicted octanol–water partition coefficient (Wildman–Crippen LogP) is 3.57. The topological polar surface area (TPSA) is 70.8 Å². The lowest BCUT2D eigenvalue weighted by Crippen LogP contribution is -2.52. The van der Waals surface area contributed by atoms with E-state index in [1.54, 1.807) is 6.33 Å². The number of halogens is 2. The summed E-state index contributed by atoms with van der Waals surface area (Å²) in [6.45, 7) is 1.81. The molecule has 0 spiro atoms. The van der Waals surface area contributed by atoms with Gasteiger partial charge in [-0.1, -0.05) is 23.7 Å². The summed E-state index contributed by atoms with van der Waals surface area (Å²) < 4.78 is 0. The number of benzene rings is 1. The lowest BCUT2D eigenvalue weighted by molar-refractivity contribution is 0.330. The number of anilines is 1. The van der Waals surface area contributed by atoms with E-state index in [9.17, 15) is 0 Å². The standard InChI is InChI=1S/C18H20ClN5.ClH/c19-14-3-1-13(2-4-14)11-18(20)6-9-24(10-7-18)17-15-5-8-21-16(15)22-12-23-17;/h1-5,8,12H,6-7,9-11,20H2,(H,21,22,23);1H. The van der Waals surface area contributed by atoms with E-state index in [1.165, 1.54) is 5.56 Å². The molecule has 0 atom stereocenters. The number of rotatable bonds is 3. The molecule has 1 saturated heterocycles. The number of aromatic nitrogens is 3. The lowest BCUT2D eigenvalue weighted by atomic mass is 9.83. The zero-order valence-corrected chi connectivity index (χ0v) is 15.4. The summed E-state index contributed by atoms with van der Waals surface area (Å²) in [7, 11) is 0. The highest BCUT2D eigenvalue weighted by Gasteiger charge is 2.31. The second kappa shape index (κ2) is 7.20. The average molecular weight is 378 g/mol. The third-order valence-corrected chi connectivity index (χ3v) is 5.11. The third kappa shape index (κ3) is 3.73. The molecule has 25 heavy (non-hydrogen) atoms. The van der Waals surface area contributed by atoms with E-state index in [-0.39, 0.29) is 17.9 Å². The van der Waals surface area contributed by atoms with Crippen LogP contribution in [0.4, 0.5) is 5.82 Å². The quantitative estimate of drug-likeness (QED) is 0.731. The van der Waals surface area contributed by atoms with Gasteiger partial charge in [-0.2, -0.15) is 0 Å².